The fourth-order valence-electron chi connectivity index (χ4n) is 2.51. The molecule has 0 bridgehead atoms. The molecule has 0 aliphatic carbocycles. The second-order valence-corrected chi connectivity index (χ2v) is 5.18. The van der Waals surface area contributed by atoms with Crippen LogP contribution < -0.4 is 0 Å². The Morgan fingerprint density at radius 1 is 1.35 bits per heavy atom. The first-order chi connectivity index (χ1) is 9.70. The lowest BCUT2D eigenvalue weighted by Gasteiger charge is -2.31. The number of aromatic nitrogens is 4. The normalized spacial score (nSPS) is 20.2. The number of ether oxygens (including phenoxy) is 1. The minimum absolute atomic E-state index is 0.0507. The largest absolute Gasteiger partial charge is 0.368 e. The summed E-state index contributed by atoms with van der Waals surface area (Å²) in [6.07, 6.45) is 3.52. The predicted octanol–water partition coefficient (Wildman–Crippen LogP) is 1.39. The summed E-state index contributed by atoms with van der Waals surface area (Å²) in [4.78, 5) is 18.5. The molecule has 1 aliphatic rings. The van der Waals surface area contributed by atoms with E-state index in [4.69, 9.17) is 4.74 Å². The van der Waals surface area contributed by atoms with Crippen molar-refractivity contribution in [1.82, 2.24) is 24.8 Å². The Bertz CT molecular complexity index is 549. The smallest absolute Gasteiger partial charge is 0.158 e. The molecular weight excluding hydrogens is 254 g/mol. The first kappa shape index (κ1) is 13.2. The predicted molar refractivity (Wildman–Crippen MR) is 74.1 cm³/mol. The van der Waals surface area contributed by atoms with E-state index in [2.05, 4.69) is 24.8 Å². The van der Waals surface area contributed by atoms with E-state index in [1.807, 2.05) is 26.1 Å². The highest BCUT2D eigenvalue weighted by molar-refractivity contribution is 5.10. The maximum absolute atomic E-state index is 5.83. The van der Waals surface area contributed by atoms with Gasteiger partial charge in [-0.3, -0.25) is 4.90 Å². The lowest BCUT2D eigenvalue weighted by Crippen LogP contribution is -2.38. The Labute approximate surface area is 118 Å². The molecule has 6 nitrogen and oxygen atoms in total. The minimum Gasteiger partial charge on any atom is -0.368 e. The maximum atomic E-state index is 5.83. The summed E-state index contributed by atoms with van der Waals surface area (Å²) >= 11 is 0. The zero-order valence-electron chi connectivity index (χ0n) is 11.8. The van der Waals surface area contributed by atoms with Gasteiger partial charge in [0, 0.05) is 42.9 Å². The maximum Gasteiger partial charge on any atom is 0.158 e. The highest BCUT2D eigenvalue weighted by Crippen LogP contribution is 2.20. The Kier molecular flexibility index (Phi) is 3.75. The standard InChI is InChI=1S/C14H19N5O/c1-10-5-11(2)18-14(17-10)13-8-19(3-4-20-13)7-12-6-15-9-16-12/h5-6,9,13H,3-4,7-8H2,1-2H3,(H,15,16)/t13-/m0/s1. The van der Waals surface area contributed by atoms with Crippen LogP contribution in [0.2, 0.25) is 0 Å². The lowest BCUT2D eigenvalue weighted by molar-refractivity contribution is -0.0376. The molecule has 0 radical (unpaired) electrons. The molecule has 0 spiro atoms. The molecule has 0 amide bonds. The molecule has 1 N–H and O–H groups in total. The SMILES string of the molecule is Cc1cc(C)nc([C@@H]2CN(Cc3cnc[nH]3)CCO2)n1. The van der Waals surface area contributed by atoms with Crippen LogP contribution in [-0.2, 0) is 11.3 Å². The summed E-state index contributed by atoms with van der Waals surface area (Å²) < 4.78 is 5.83. The van der Waals surface area contributed by atoms with Crippen LogP contribution in [0.1, 0.15) is 29.0 Å². The summed E-state index contributed by atoms with van der Waals surface area (Å²) in [5.74, 6) is 0.789. The van der Waals surface area contributed by atoms with Crippen molar-refractivity contribution < 1.29 is 4.74 Å². The fraction of sp³-hybridized carbons (Fsp3) is 0.500. The van der Waals surface area contributed by atoms with Crippen molar-refractivity contribution in [3.05, 3.63) is 41.5 Å². The second kappa shape index (κ2) is 5.68. The van der Waals surface area contributed by atoms with E-state index >= 15 is 0 Å². The van der Waals surface area contributed by atoms with Gasteiger partial charge in [0.05, 0.1) is 12.9 Å². The zero-order valence-corrected chi connectivity index (χ0v) is 11.8. The summed E-state index contributed by atoms with van der Waals surface area (Å²) in [6, 6.07) is 1.98. The quantitative estimate of drug-likeness (QED) is 0.915. The van der Waals surface area contributed by atoms with Gasteiger partial charge in [0.2, 0.25) is 0 Å². The number of hydrogen-bond donors (Lipinski definition) is 1. The number of aromatic amines is 1. The number of H-pyrrole nitrogens is 1. The highest BCUT2D eigenvalue weighted by Gasteiger charge is 2.24. The molecule has 20 heavy (non-hydrogen) atoms. The molecule has 1 aliphatic heterocycles. The number of rotatable bonds is 3. The highest BCUT2D eigenvalue weighted by atomic mass is 16.5. The van der Waals surface area contributed by atoms with Crippen molar-refractivity contribution in [3.8, 4) is 0 Å². The van der Waals surface area contributed by atoms with Gasteiger partial charge < -0.3 is 9.72 Å². The van der Waals surface area contributed by atoms with Gasteiger partial charge in [-0.25, -0.2) is 15.0 Å². The van der Waals surface area contributed by atoms with Gasteiger partial charge in [0.15, 0.2) is 5.82 Å². The van der Waals surface area contributed by atoms with E-state index in [1.54, 1.807) is 6.33 Å². The summed E-state index contributed by atoms with van der Waals surface area (Å²) in [5, 5.41) is 0. The van der Waals surface area contributed by atoms with Crippen molar-refractivity contribution >= 4 is 0 Å². The van der Waals surface area contributed by atoms with Crippen LogP contribution in [0.4, 0.5) is 0 Å². The molecular formula is C14H19N5O. The molecule has 1 atom stereocenters. The minimum atomic E-state index is -0.0507. The molecule has 1 fully saturated rings. The molecule has 3 heterocycles. The average molecular weight is 273 g/mol. The second-order valence-electron chi connectivity index (χ2n) is 5.18. The number of aryl methyl sites for hydroxylation is 2. The molecule has 0 unspecified atom stereocenters. The monoisotopic (exact) mass is 273 g/mol. The van der Waals surface area contributed by atoms with E-state index in [0.717, 1.165) is 42.5 Å². The number of nitrogens with zero attached hydrogens (tertiary/aromatic N) is 4. The van der Waals surface area contributed by atoms with Crippen molar-refractivity contribution in [1.29, 1.82) is 0 Å². The Morgan fingerprint density at radius 2 is 2.15 bits per heavy atom. The molecule has 0 aromatic carbocycles. The summed E-state index contributed by atoms with van der Waals surface area (Å²) in [6.45, 7) is 7.26. The molecule has 2 aromatic rings. The van der Waals surface area contributed by atoms with Gasteiger partial charge >= 0.3 is 0 Å². The van der Waals surface area contributed by atoms with Gasteiger partial charge in [-0.15, -0.1) is 0 Å². The summed E-state index contributed by atoms with van der Waals surface area (Å²) in [7, 11) is 0. The zero-order chi connectivity index (χ0) is 13.9. The lowest BCUT2D eigenvalue weighted by atomic mass is 10.2. The number of nitrogens with one attached hydrogen (secondary N) is 1. The van der Waals surface area contributed by atoms with E-state index in [1.165, 1.54) is 0 Å². The van der Waals surface area contributed by atoms with Crippen molar-refractivity contribution in [3.63, 3.8) is 0 Å². The average Bonchev–Trinajstić information content (AvgIpc) is 2.91. The molecule has 106 valence electrons. The summed E-state index contributed by atoms with van der Waals surface area (Å²) in [5.41, 5.74) is 3.09. The fourth-order valence-corrected chi connectivity index (χ4v) is 2.51. The number of imidazole rings is 1. The van der Waals surface area contributed by atoms with Gasteiger partial charge in [0.1, 0.15) is 6.10 Å². The third-order valence-corrected chi connectivity index (χ3v) is 3.39. The molecule has 0 saturated carbocycles. The van der Waals surface area contributed by atoms with Crippen LogP contribution >= 0.6 is 0 Å². The van der Waals surface area contributed by atoms with Crippen LogP contribution in [-0.4, -0.2) is 44.5 Å². The topological polar surface area (TPSA) is 66.9 Å². The third kappa shape index (κ3) is 3.02. The van der Waals surface area contributed by atoms with Crippen LogP contribution in [0.3, 0.4) is 0 Å². The van der Waals surface area contributed by atoms with E-state index in [-0.39, 0.29) is 6.10 Å². The van der Waals surface area contributed by atoms with Crippen molar-refractivity contribution in [2.24, 2.45) is 0 Å². The first-order valence-electron chi connectivity index (χ1n) is 6.84. The molecule has 6 heteroatoms. The van der Waals surface area contributed by atoms with Gasteiger partial charge in [0.25, 0.3) is 0 Å². The van der Waals surface area contributed by atoms with Crippen molar-refractivity contribution in [2.75, 3.05) is 19.7 Å². The third-order valence-electron chi connectivity index (χ3n) is 3.39. The Hall–Kier alpha value is -1.79. The first-order valence-corrected chi connectivity index (χ1v) is 6.84. The number of morpholine rings is 1. The van der Waals surface area contributed by atoms with Gasteiger partial charge in [-0.1, -0.05) is 0 Å². The molecule has 2 aromatic heterocycles. The van der Waals surface area contributed by atoms with Gasteiger partial charge in [-0.05, 0) is 19.9 Å². The van der Waals surface area contributed by atoms with E-state index in [0.29, 0.717) is 6.61 Å². The van der Waals surface area contributed by atoms with Crippen LogP contribution in [0, 0.1) is 13.8 Å². The molecule has 3 rings (SSSR count). The van der Waals surface area contributed by atoms with E-state index < -0.39 is 0 Å². The van der Waals surface area contributed by atoms with Gasteiger partial charge in [-0.2, -0.15) is 0 Å². The van der Waals surface area contributed by atoms with Crippen LogP contribution in [0.5, 0.6) is 0 Å². The Balaban J connectivity index is 1.71. The van der Waals surface area contributed by atoms with Crippen molar-refractivity contribution in [2.45, 2.75) is 26.5 Å². The van der Waals surface area contributed by atoms with Crippen LogP contribution in [0.25, 0.3) is 0 Å². The Morgan fingerprint density at radius 3 is 2.85 bits per heavy atom. The van der Waals surface area contributed by atoms with E-state index in [9.17, 15) is 0 Å². The molecule has 1 saturated heterocycles. The number of hydrogen-bond acceptors (Lipinski definition) is 5. The van der Waals surface area contributed by atoms with Crippen LogP contribution in [0.15, 0.2) is 18.6 Å².